The number of nitrogens with two attached hydrogens (primary N) is 1. The number of aromatic amines is 1. The van der Waals surface area contributed by atoms with Crippen molar-refractivity contribution in [3.8, 4) is 0 Å². The van der Waals surface area contributed by atoms with Crippen LogP contribution in [-0.2, 0) is 0 Å². The fraction of sp³-hybridized carbons (Fsp3) is 0.143. The molecule has 0 saturated carbocycles. The molecule has 0 aromatic carbocycles. The number of aromatic nitrogens is 1. The second kappa shape index (κ2) is 2.98. The molecule has 0 aliphatic carbocycles. The molecule has 0 spiro atoms. The van der Waals surface area contributed by atoms with Crippen LogP contribution in [0.15, 0.2) is 10.9 Å². The zero-order valence-electron chi connectivity index (χ0n) is 6.35. The Kier molecular flexibility index (Phi) is 2.19. The number of ketones is 1. The van der Waals surface area contributed by atoms with E-state index in [0.717, 1.165) is 6.07 Å². The molecule has 3 N–H and O–H groups in total. The van der Waals surface area contributed by atoms with E-state index in [4.69, 9.17) is 17.3 Å². The van der Waals surface area contributed by atoms with Gasteiger partial charge in [-0.1, -0.05) is 11.6 Å². The number of hydrogen-bond donors (Lipinski definition) is 2. The molecule has 0 atom stereocenters. The van der Waals surface area contributed by atoms with Gasteiger partial charge in [-0.15, -0.1) is 0 Å². The topological polar surface area (TPSA) is 76.0 Å². The highest BCUT2D eigenvalue weighted by atomic mass is 35.5. The lowest BCUT2D eigenvalue weighted by Crippen LogP contribution is -2.11. The van der Waals surface area contributed by atoms with E-state index in [1.807, 2.05) is 0 Å². The third-order valence-electron chi connectivity index (χ3n) is 1.38. The summed E-state index contributed by atoms with van der Waals surface area (Å²) in [5.41, 5.74) is 5.25. The van der Waals surface area contributed by atoms with E-state index >= 15 is 0 Å². The molecule has 4 nitrogen and oxygen atoms in total. The number of carbonyl (C=O) groups excluding carboxylic acids is 1. The van der Waals surface area contributed by atoms with Crippen LogP contribution in [0.2, 0.25) is 5.15 Å². The molecule has 0 fully saturated rings. The maximum Gasteiger partial charge on any atom is 0.251 e. The molecule has 0 radical (unpaired) electrons. The standard InChI is InChI=1S/C7H7ClN2O2/c1-3(11)6-4(9)2-5(12)10-7(6)8/h2H,1H3,(H3,9,10,12). The van der Waals surface area contributed by atoms with Gasteiger partial charge in [-0.05, 0) is 6.92 Å². The van der Waals surface area contributed by atoms with Crippen LogP contribution in [0.25, 0.3) is 0 Å². The van der Waals surface area contributed by atoms with Crippen LogP contribution in [0.5, 0.6) is 0 Å². The molecule has 12 heavy (non-hydrogen) atoms. The van der Waals surface area contributed by atoms with Gasteiger partial charge in [-0.3, -0.25) is 9.59 Å². The Balaban J connectivity index is 3.48. The number of nitrogens with one attached hydrogen (secondary N) is 1. The summed E-state index contributed by atoms with van der Waals surface area (Å²) in [7, 11) is 0. The Morgan fingerprint density at radius 2 is 2.25 bits per heavy atom. The lowest BCUT2D eigenvalue weighted by molar-refractivity contribution is 0.101. The smallest absolute Gasteiger partial charge is 0.251 e. The van der Waals surface area contributed by atoms with Gasteiger partial charge in [0.1, 0.15) is 5.15 Å². The van der Waals surface area contributed by atoms with Crippen molar-refractivity contribution in [2.24, 2.45) is 0 Å². The average Bonchev–Trinajstić information content (AvgIpc) is 1.82. The first kappa shape index (κ1) is 8.80. The van der Waals surface area contributed by atoms with Crippen LogP contribution in [0.1, 0.15) is 17.3 Å². The second-order valence-corrected chi connectivity index (χ2v) is 2.71. The van der Waals surface area contributed by atoms with Gasteiger partial charge in [0.25, 0.3) is 5.56 Å². The largest absolute Gasteiger partial charge is 0.398 e. The van der Waals surface area contributed by atoms with Crippen LogP contribution >= 0.6 is 11.6 Å². The van der Waals surface area contributed by atoms with Crippen molar-refractivity contribution >= 4 is 23.1 Å². The second-order valence-electron chi connectivity index (χ2n) is 2.33. The first-order chi connectivity index (χ1) is 5.52. The van der Waals surface area contributed by atoms with Gasteiger partial charge in [0, 0.05) is 6.07 Å². The van der Waals surface area contributed by atoms with Gasteiger partial charge in [0.2, 0.25) is 0 Å². The quantitative estimate of drug-likeness (QED) is 0.504. The molecule has 5 heteroatoms. The molecular weight excluding hydrogens is 180 g/mol. The highest BCUT2D eigenvalue weighted by Crippen LogP contribution is 2.17. The van der Waals surface area contributed by atoms with E-state index in [2.05, 4.69) is 4.98 Å². The zero-order chi connectivity index (χ0) is 9.30. The monoisotopic (exact) mass is 186 g/mol. The van der Waals surface area contributed by atoms with E-state index in [-0.39, 0.29) is 22.2 Å². The van der Waals surface area contributed by atoms with Crippen LogP contribution < -0.4 is 11.3 Å². The van der Waals surface area contributed by atoms with Crippen molar-refractivity contribution in [3.63, 3.8) is 0 Å². The number of rotatable bonds is 1. The van der Waals surface area contributed by atoms with Crippen LogP contribution in [0, 0.1) is 0 Å². The van der Waals surface area contributed by atoms with E-state index in [1.165, 1.54) is 6.92 Å². The summed E-state index contributed by atoms with van der Waals surface area (Å²) in [6.45, 7) is 1.33. The molecule has 1 heterocycles. The van der Waals surface area contributed by atoms with E-state index in [0.29, 0.717) is 0 Å². The van der Waals surface area contributed by atoms with Crippen molar-refractivity contribution < 1.29 is 4.79 Å². The molecule has 0 aliphatic heterocycles. The van der Waals surface area contributed by atoms with Crippen LogP contribution in [0.4, 0.5) is 5.69 Å². The Morgan fingerprint density at radius 1 is 1.67 bits per heavy atom. The minimum absolute atomic E-state index is 0.00694. The van der Waals surface area contributed by atoms with Crippen molar-refractivity contribution in [3.05, 3.63) is 27.1 Å². The van der Waals surface area contributed by atoms with Crippen LogP contribution in [-0.4, -0.2) is 10.8 Å². The summed E-state index contributed by atoms with van der Waals surface area (Å²) in [4.78, 5) is 23.9. The van der Waals surface area contributed by atoms with Gasteiger partial charge in [-0.2, -0.15) is 0 Å². The number of Topliss-reactive ketones (excluding diaryl/α,β-unsaturated/α-hetero) is 1. The maximum atomic E-state index is 10.9. The van der Waals surface area contributed by atoms with Gasteiger partial charge in [0.15, 0.2) is 5.78 Å². The van der Waals surface area contributed by atoms with Gasteiger partial charge in [0.05, 0.1) is 11.3 Å². The molecule has 1 aromatic heterocycles. The Labute approximate surface area is 73.3 Å². The molecule has 1 aromatic rings. The van der Waals surface area contributed by atoms with E-state index in [1.54, 1.807) is 0 Å². The summed E-state index contributed by atoms with van der Waals surface area (Å²) >= 11 is 5.57. The van der Waals surface area contributed by atoms with Crippen molar-refractivity contribution in [1.29, 1.82) is 0 Å². The van der Waals surface area contributed by atoms with E-state index in [9.17, 15) is 9.59 Å². The molecule has 0 saturated heterocycles. The average molecular weight is 187 g/mol. The lowest BCUT2D eigenvalue weighted by atomic mass is 10.2. The Morgan fingerprint density at radius 3 is 2.67 bits per heavy atom. The molecule has 1 rings (SSSR count). The predicted octanol–water partition coefficient (Wildman–Crippen LogP) is 0.813. The molecule has 0 bridgehead atoms. The van der Waals surface area contributed by atoms with Gasteiger partial charge < -0.3 is 10.7 Å². The number of carbonyl (C=O) groups is 1. The number of hydrogen-bond acceptors (Lipinski definition) is 3. The number of pyridine rings is 1. The van der Waals surface area contributed by atoms with Crippen LogP contribution in [0.3, 0.4) is 0 Å². The zero-order valence-corrected chi connectivity index (χ0v) is 7.11. The Hall–Kier alpha value is -1.29. The highest BCUT2D eigenvalue weighted by molar-refractivity contribution is 6.33. The normalized spacial score (nSPS) is 9.83. The van der Waals surface area contributed by atoms with Crippen molar-refractivity contribution in [2.45, 2.75) is 6.92 Å². The maximum absolute atomic E-state index is 10.9. The minimum Gasteiger partial charge on any atom is -0.398 e. The molecule has 64 valence electrons. The third-order valence-corrected chi connectivity index (χ3v) is 1.66. The molecule has 0 amide bonds. The Bertz CT molecular complexity index is 357. The number of halogens is 1. The summed E-state index contributed by atoms with van der Waals surface area (Å²) in [5, 5.41) is -0.00694. The fourth-order valence-electron chi connectivity index (χ4n) is 0.905. The summed E-state index contributed by atoms with van der Waals surface area (Å²) in [5.74, 6) is -0.270. The summed E-state index contributed by atoms with van der Waals surface area (Å²) < 4.78 is 0. The third kappa shape index (κ3) is 1.48. The molecular formula is C7H7ClN2O2. The number of anilines is 1. The van der Waals surface area contributed by atoms with E-state index < -0.39 is 5.56 Å². The number of nitrogen functional groups attached to an aromatic ring is 1. The van der Waals surface area contributed by atoms with Gasteiger partial charge in [-0.25, -0.2) is 0 Å². The first-order valence-electron chi connectivity index (χ1n) is 3.21. The van der Waals surface area contributed by atoms with Crippen molar-refractivity contribution in [2.75, 3.05) is 5.73 Å². The molecule has 0 unspecified atom stereocenters. The summed E-state index contributed by atoms with van der Waals surface area (Å²) in [6.07, 6.45) is 0. The number of H-pyrrole nitrogens is 1. The minimum atomic E-state index is -0.414. The first-order valence-corrected chi connectivity index (χ1v) is 3.59. The fourth-order valence-corrected chi connectivity index (χ4v) is 1.24. The lowest BCUT2D eigenvalue weighted by Gasteiger charge is -2.01. The summed E-state index contributed by atoms with van der Waals surface area (Å²) in [6, 6.07) is 1.13. The van der Waals surface area contributed by atoms with Crippen molar-refractivity contribution in [1.82, 2.24) is 4.98 Å². The molecule has 0 aliphatic rings. The van der Waals surface area contributed by atoms with Gasteiger partial charge >= 0.3 is 0 Å². The SMILES string of the molecule is CC(=O)c1c(N)cc(=O)[nH]c1Cl. The highest BCUT2D eigenvalue weighted by Gasteiger charge is 2.10. The predicted molar refractivity (Wildman–Crippen MR) is 46.5 cm³/mol.